The Balaban J connectivity index is 2.17. The highest BCUT2D eigenvalue weighted by atomic mass is 16.3. The van der Waals surface area contributed by atoms with E-state index in [1.165, 1.54) is 24.3 Å². The number of phenolic OH excluding ortho intramolecular Hbond substituents is 4. The smallest absolute Gasteiger partial charge is 0.157 e. The van der Waals surface area contributed by atoms with Gasteiger partial charge in [0.2, 0.25) is 0 Å². The molecule has 0 unspecified atom stereocenters. The van der Waals surface area contributed by atoms with Crippen LogP contribution >= 0.6 is 0 Å². The van der Waals surface area contributed by atoms with Crippen LogP contribution in [0.1, 0.15) is 18.1 Å². The summed E-state index contributed by atoms with van der Waals surface area (Å²) in [7, 11) is 0. The van der Waals surface area contributed by atoms with E-state index >= 15 is 0 Å². The molecule has 0 heterocycles. The molecule has 0 amide bonds. The molecule has 0 radical (unpaired) electrons. The van der Waals surface area contributed by atoms with Crippen LogP contribution in [-0.4, -0.2) is 20.4 Å². The summed E-state index contributed by atoms with van der Waals surface area (Å²) in [6, 6.07) is 9.33. The van der Waals surface area contributed by atoms with E-state index in [2.05, 4.69) is 0 Å². The fourth-order valence-electron chi connectivity index (χ4n) is 1.85. The van der Waals surface area contributed by atoms with Crippen molar-refractivity contribution in [1.82, 2.24) is 0 Å². The Morgan fingerprint density at radius 1 is 0.850 bits per heavy atom. The average Bonchev–Trinajstić information content (AvgIpc) is 2.43. The van der Waals surface area contributed by atoms with E-state index < -0.39 is 0 Å². The minimum atomic E-state index is -0.155. The van der Waals surface area contributed by atoms with Crippen LogP contribution in [-0.2, 0) is 6.42 Å². The number of benzene rings is 2. The molecule has 2 aromatic rings. The Bertz CT molecular complexity index is 660. The molecule has 0 fully saturated rings. The number of hydrogen-bond acceptors (Lipinski definition) is 4. The van der Waals surface area contributed by atoms with Crippen molar-refractivity contribution in [1.29, 1.82) is 0 Å². The molecule has 0 aliphatic heterocycles. The Morgan fingerprint density at radius 2 is 1.45 bits per heavy atom. The first kappa shape index (κ1) is 13.8. The Kier molecular flexibility index (Phi) is 3.84. The second kappa shape index (κ2) is 5.57. The van der Waals surface area contributed by atoms with Gasteiger partial charge in [0.05, 0.1) is 0 Å². The summed E-state index contributed by atoms with van der Waals surface area (Å²) >= 11 is 0. The van der Waals surface area contributed by atoms with Crippen molar-refractivity contribution in [3.63, 3.8) is 0 Å². The zero-order valence-electron chi connectivity index (χ0n) is 11.0. The van der Waals surface area contributed by atoms with Gasteiger partial charge in [-0.2, -0.15) is 0 Å². The summed E-state index contributed by atoms with van der Waals surface area (Å²) in [5.74, 6) is -0.587. The van der Waals surface area contributed by atoms with E-state index in [1.54, 1.807) is 12.1 Å². The molecule has 20 heavy (non-hydrogen) atoms. The maximum atomic E-state index is 9.46. The molecular weight excluding hydrogens is 256 g/mol. The van der Waals surface area contributed by atoms with Crippen molar-refractivity contribution < 1.29 is 20.4 Å². The number of rotatable bonds is 3. The van der Waals surface area contributed by atoms with Crippen molar-refractivity contribution in [3.05, 3.63) is 53.6 Å². The van der Waals surface area contributed by atoms with Crippen molar-refractivity contribution >= 4 is 5.57 Å². The van der Waals surface area contributed by atoms with Crippen LogP contribution in [0.2, 0.25) is 0 Å². The fraction of sp³-hybridized carbons (Fsp3) is 0.125. The van der Waals surface area contributed by atoms with E-state index in [0.29, 0.717) is 6.42 Å². The van der Waals surface area contributed by atoms with Gasteiger partial charge in [-0.15, -0.1) is 0 Å². The molecule has 104 valence electrons. The maximum Gasteiger partial charge on any atom is 0.157 e. The topological polar surface area (TPSA) is 80.9 Å². The zero-order chi connectivity index (χ0) is 14.7. The van der Waals surface area contributed by atoms with Gasteiger partial charge in [-0.25, -0.2) is 0 Å². The van der Waals surface area contributed by atoms with Crippen molar-refractivity contribution in [3.8, 4) is 23.0 Å². The molecule has 0 aliphatic rings. The highest BCUT2D eigenvalue weighted by Gasteiger charge is 2.03. The molecule has 0 bridgehead atoms. The summed E-state index contributed by atoms with van der Waals surface area (Å²) in [5, 5.41) is 37.4. The number of aromatic hydroxyl groups is 4. The molecule has 4 nitrogen and oxygen atoms in total. The Labute approximate surface area is 116 Å². The molecule has 0 aromatic heterocycles. The van der Waals surface area contributed by atoms with E-state index in [-0.39, 0.29) is 23.0 Å². The van der Waals surface area contributed by atoms with Gasteiger partial charge in [-0.1, -0.05) is 18.2 Å². The molecule has 0 saturated carbocycles. The van der Waals surface area contributed by atoms with Crippen LogP contribution in [0.15, 0.2) is 42.5 Å². The SMILES string of the molecule is C/C(=C\Cc1ccc(O)c(O)c1)c1ccc(O)c(O)c1. The van der Waals surface area contributed by atoms with Gasteiger partial charge in [0, 0.05) is 0 Å². The summed E-state index contributed by atoms with van der Waals surface area (Å²) in [5.41, 5.74) is 2.61. The van der Waals surface area contributed by atoms with Gasteiger partial charge in [-0.05, 0) is 54.3 Å². The molecule has 2 aromatic carbocycles. The molecule has 4 heteroatoms. The van der Waals surface area contributed by atoms with Gasteiger partial charge in [0.15, 0.2) is 23.0 Å². The maximum absolute atomic E-state index is 9.46. The van der Waals surface area contributed by atoms with Crippen LogP contribution in [0.5, 0.6) is 23.0 Å². The zero-order valence-corrected chi connectivity index (χ0v) is 11.0. The lowest BCUT2D eigenvalue weighted by atomic mass is 10.0. The molecule has 4 N–H and O–H groups in total. The summed E-state index contributed by atoms with van der Waals surface area (Å²) < 4.78 is 0. The molecule has 2 rings (SSSR count). The van der Waals surface area contributed by atoms with Crippen molar-refractivity contribution in [2.45, 2.75) is 13.3 Å². The Hall–Kier alpha value is -2.62. The first-order chi connectivity index (χ1) is 9.47. The second-order valence-corrected chi connectivity index (χ2v) is 4.62. The normalized spacial score (nSPS) is 11.6. The summed E-state index contributed by atoms with van der Waals surface area (Å²) in [4.78, 5) is 0. The lowest BCUT2D eigenvalue weighted by Crippen LogP contribution is -1.84. The molecule has 0 aliphatic carbocycles. The van der Waals surface area contributed by atoms with Gasteiger partial charge >= 0.3 is 0 Å². The van der Waals surface area contributed by atoms with Crippen LogP contribution in [0.3, 0.4) is 0 Å². The number of allylic oxidation sites excluding steroid dienone is 2. The van der Waals surface area contributed by atoms with Gasteiger partial charge in [0.1, 0.15) is 0 Å². The number of hydrogen-bond donors (Lipinski definition) is 4. The van der Waals surface area contributed by atoms with Gasteiger partial charge in [-0.3, -0.25) is 0 Å². The van der Waals surface area contributed by atoms with Crippen molar-refractivity contribution in [2.24, 2.45) is 0 Å². The third-order valence-electron chi connectivity index (χ3n) is 3.11. The van der Waals surface area contributed by atoms with E-state index in [0.717, 1.165) is 16.7 Å². The van der Waals surface area contributed by atoms with E-state index in [1.807, 2.05) is 13.0 Å². The third-order valence-corrected chi connectivity index (χ3v) is 3.11. The molecular formula is C16H16O4. The fourth-order valence-corrected chi connectivity index (χ4v) is 1.85. The second-order valence-electron chi connectivity index (χ2n) is 4.62. The first-order valence-electron chi connectivity index (χ1n) is 6.17. The third kappa shape index (κ3) is 3.03. The number of phenols is 4. The monoisotopic (exact) mass is 272 g/mol. The molecule has 0 spiro atoms. The first-order valence-corrected chi connectivity index (χ1v) is 6.17. The highest BCUT2D eigenvalue weighted by molar-refractivity contribution is 5.66. The largest absolute Gasteiger partial charge is 0.504 e. The summed E-state index contributed by atoms with van der Waals surface area (Å²) in [6.45, 7) is 1.89. The van der Waals surface area contributed by atoms with Crippen LogP contribution < -0.4 is 0 Å². The van der Waals surface area contributed by atoms with Crippen LogP contribution in [0.4, 0.5) is 0 Å². The van der Waals surface area contributed by atoms with Gasteiger partial charge in [0.25, 0.3) is 0 Å². The van der Waals surface area contributed by atoms with Gasteiger partial charge < -0.3 is 20.4 Å². The lowest BCUT2D eigenvalue weighted by molar-refractivity contribution is 0.403. The standard InChI is InChI=1S/C16H16O4/c1-10(12-5-7-14(18)16(20)9-12)2-3-11-4-6-13(17)15(19)8-11/h2,4-9,17-20H,3H2,1H3/b10-2+. The minimum Gasteiger partial charge on any atom is -0.504 e. The summed E-state index contributed by atoms with van der Waals surface area (Å²) in [6.07, 6.45) is 2.53. The van der Waals surface area contributed by atoms with E-state index in [4.69, 9.17) is 0 Å². The molecule has 0 atom stereocenters. The predicted molar refractivity (Wildman–Crippen MR) is 76.9 cm³/mol. The molecule has 0 saturated heterocycles. The minimum absolute atomic E-state index is 0.141. The van der Waals surface area contributed by atoms with Crippen LogP contribution in [0.25, 0.3) is 5.57 Å². The highest BCUT2D eigenvalue weighted by Crippen LogP contribution is 2.29. The average molecular weight is 272 g/mol. The van der Waals surface area contributed by atoms with Crippen LogP contribution in [0, 0.1) is 0 Å². The lowest BCUT2D eigenvalue weighted by Gasteiger charge is -2.05. The van der Waals surface area contributed by atoms with E-state index in [9.17, 15) is 20.4 Å². The van der Waals surface area contributed by atoms with Crippen molar-refractivity contribution in [2.75, 3.05) is 0 Å². The quantitative estimate of drug-likeness (QED) is 0.647. The Morgan fingerprint density at radius 3 is 2.05 bits per heavy atom. The predicted octanol–water partition coefficient (Wildman–Crippen LogP) is 3.16.